The Morgan fingerprint density at radius 3 is 2.41 bits per heavy atom. The lowest BCUT2D eigenvalue weighted by molar-refractivity contribution is -0.137. The Labute approximate surface area is 196 Å². The number of primary amides is 1. The maximum atomic E-state index is 13.1. The van der Waals surface area contributed by atoms with Crippen LogP contribution in [0.25, 0.3) is 0 Å². The Morgan fingerprint density at radius 1 is 1.09 bits per heavy atom. The summed E-state index contributed by atoms with van der Waals surface area (Å²) in [5, 5.41) is 0. The molecule has 0 unspecified atom stereocenters. The number of pyridine rings is 1. The lowest BCUT2D eigenvalue weighted by Gasteiger charge is -2.27. The van der Waals surface area contributed by atoms with Crippen LogP contribution >= 0.6 is 0 Å². The van der Waals surface area contributed by atoms with Gasteiger partial charge in [-0.2, -0.15) is 13.2 Å². The second kappa shape index (κ2) is 11.2. The minimum atomic E-state index is -4.42. The van der Waals surface area contributed by atoms with Crippen LogP contribution in [0.5, 0.6) is 5.75 Å². The molecule has 0 bridgehead atoms. The van der Waals surface area contributed by atoms with Gasteiger partial charge in [-0.25, -0.2) is 4.98 Å². The summed E-state index contributed by atoms with van der Waals surface area (Å²) in [7, 11) is 1.55. The van der Waals surface area contributed by atoms with Crippen LogP contribution in [-0.2, 0) is 15.8 Å². The number of anilines is 2. The molecule has 1 aromatic heterocycles. The monoisotopic (exact) mass is 479 g/mol. The summed E-state index contributed by atoms with van der Waals surface area (Å²) in [4.78, 5) is 33.9. The van der Waals surface area contributed by atoms with Gasteiger partial charge in [0.1, 0.15) is 11.6 Å². The van der Waals surface area contributed by atoms with Crippen LogP contribution in [0.1, 0.15) is 18.4 Å². The van der Waals surface area contributed by atoms with E-state index >= 15 is 0 Å². The fraction of sp³-hybridized carbons (Fsp3) is 0.435. The van der Waals surface area contributed by atoms with Gasteiger partial charge in [-0.1, -0.05) is 0 Å². The number of benzene rings is 1. The zero-order valence-corrected chi connectivity index (χ0v) is 18.9. The number of nitrogens with two attached hydrogens (primary N) is 1. The van der Waals surface area contributed by atoms with Crippen molar-refractivity contribution in [2.24, 2.45) is 5.73 Å². The van der Waals surface area contributed by atoms with Crippen molar-refractivity contribution in [3.05, 3.63) is 48.2 Å². The van der Waals surface area contributed by atoms with Crippen molar-refractivity contribution in [1.29, 1.82) is 0 Å². The van der Waals surface area contributed by atoms with Crippen LogP contribution in [0.2, 0.25) is 0 Å². The van der Waals surface area contributed by atoms with Gasteiger partial charge in [0.25, 0.3) is 0 Å². The van der Waals surface area contributed by atoms with E-state index < -0.39 is 17.6 Å². The van der Waals surface area contributed by atoms with Crippen molar-refractivity contribution >= 4 is 23.3 Å². The molecule has 2 heterocycles. The second-order valence-electron chi connectivity index (χ2n) is 7.98. The van der Waals surface area contributed by atoms with Crippen LogP contribution in [0.4, 0.5) is 24.7 Å². The molecular weight excluding hydrogens is 451 g/mol. The molecule has 34 heavy (non-hydrogen) atoms. The molecule has 1 saturated heterocycles. The van der Waals surface area contributed by atoms with E-state index in [1.807, 2.05) is 9.80 Å². The van der Waals surface area contributed by atoms with Gasteiger partial charge in [0.05, 0.1) is 19.2 Å². The zero-order valence-electron chi connectivity index (χ0n) is 18.9. The molecule has 11 heteroatoms. The number of hydrogen-bond acceptors (Lipinski definition) is 6. The van der Waals surface area contributed by atoms with E-state index in [0.29, 0.717) is 43.4 Å². The van der Waals surface area contributed by atoms with Gasteiger partial charge in [0.2, 0.25) is 11.8 Å². The number of hydrogen-bond donors (Lipinski definition) is 1. The molecule has 0 aliphatic carbocycles. The Balaban J connectivity index is 1.63. The van der Waals surface area contributed by atoms with Crippen LogP contribution in [-0.4, -0.2) is 68.1 Å². The third-order valence-corrected chi connectivity index (χ3v) is 5.61. The largest absolute Gasteiger partial charge is 0.497 e. The summed E-state index contributed by atoms with van der Waals surface area (Å²) in [5.74, 6) is 0.450. The molecule has 2 aromatic rings. The summed E-state index contributed by atoms with van der Waals surface area (Å²) < 4.78 is 43.6. The zero-order chi connectivity index (χ0) is 24.7. The predicted octanol–water partition coefficient (Wildman–Crippen LogP) is 2.53. The molecule has 2 amide bonds. The van der Waals surface area contributed by atoms with Gasteiger partial charge >= 0.3 is 6.18 Å². The quantitative estimate of drug-likeness (QED) is 0.626. The summed E-state index contributed by atoms with van der Waals surface area (Å²) in [6.45, 7) is 2.63. The Bertz CT molecular complexity index is 967. The van der Waals surface area contributed by atoms with Crippen LogP contribution in [0.15, 0.2) is 42.6 Å². The molecule has 1 aromatic carbocycles. The highest BCUT2D eigenvalue weighted by Gasteiger charge is 2.31. The summed E-state index contributed by atoms with van der Waals surface area (Å²) >= 11 is 0. The SMILES string of the molecule is COc1ccc(N(CCC(N)=O)C(=O)CN2CCCN(c3ccc(C(F)(F)F)cn3)CC2)cc1. The van der Waals surface area contributed by atoms with E-state index in [1.54, 1.807) is 31.4 Å². The lowest BCUT2D eigenvalue weighted by Crippen LogP contribution is -2.43. The van der Waals surface area contributed by atoms with E-state index in [2.05, 4.69) is 4.98 Å². The lowest BCUT2D eigenvalue weighted by atomic mass is 10.2. The first-order chi connectivity index (χ1) is 16.2. The molecule has 0 spiro atoms. The van der Waals surface area contributed by atoms with Crippen molar-refractivity contribution in [2.45, 2.75) is 19.0 Å². The number of nitrogens with zero attached hydrogens (tertiary/aromatic N) is 4. The van der Waals surface area contributed by atoms with Crippen molar-refractivity contribution in [3.8, 4) is 5.75 Å². The van der Waals surface area contributed by atoms with Crippen LogP contribution in [0.3, 0.4) is 0 Å². The summed E-state index contributed by atoms with van der Waals surface area (Å²) in [6.07, 6.45) is -2.83. The van der Waals surface area contributed by atoms with Crippen LogP contribution < -0.4 is 20.3 Å². The third kappa shape index (κ3) is 6.83. The van der Waals surface area contributed by atoms with Gasteiger partial charge in [0.15, 0.2) is 0 Å². The standard InChI is InChI=1S/C23H28F3N5O3/c1-34-19-6-4-18(5-7-19)31(12-9-20(27)32)22(33)16-29-10-2-11-30(14-13-29)21-8-3-17(15-28-21)23(24,25)26/h3-8,15H,2,9-14,16H2,1H3,(H2,27,32). The molecule has 0 radical (unpaired) electrons. The Morgan fingerprint density at radius 2 is 1.82 bits per heavy atom. The first-order valence-corrected chi connectivity index (χ1v) is 10.9. The fourth-order valence-corrected chi connectivity index (χ4v) is 3.76. The third-order valence-electron chi connectivity index (χ3n) is 5.61. The van der Waals surface area contributed by atoms with Crippen molar-refractivity contribution in [2.75, 3.05) is 56.2 Å². The molecule has 1 fully saturated rings. The number of rotatable bonds is 8. The van der Waals surface area contributed by atoms with Crippen molar-refractivity contribution in [1.82, 2.24) is 9.88 Å². The topological polar surface area (TPSA) is 92.0 Å². The fourth-order valence-electron chi connectivity index (χ4n) is 3.76. The minimum absolute atomic E-state index is 0.0329. The number of alkyl halides is 3. The second-order valence-corrected chi connectivity index (χ2v) is 7.98. The van der Waals surface area contributed by atoms with Gasteiger partial charge in [0, 0.05) is 51.0 Å². The number of aromatic nitrogens is 1. The highest BCUT2D eigenvalue weighted by Crippen LogP contribution is 2.29. The molecule has 1 aliphatic heterocycles. The first kappa shape index (κ1) is 25.3. The van der Waals surface area contributed by atoms with Crippen molar-refractivity contribution in [3.63, 3.8) is 0 Å². The molecule has 8 nitrogen and oxygen atoms in total. The number of halogens is 3. The van der Waals surface area contributed by atoms with E-state index in [-0.39, 0.29) is 25.4 Å². The molecule has 0 saturated carbocycles. The minimum Gasteiger partial charge on any atom is -0.497 e. The maximum absolute atomic E-state index is 13.1. The normalized spacial score (nSPS) is 15.0. The van der Waals surface area contributed by atoms with E-state index in [9.17, 15) is 22.8 Å². The molecule has 0 atom stereocenters. The van der Waals surface area contributed by atoms with Gasteiger partial charge in [-0.15, -0.1) is 0 Å². The van der Waals surface area contributed by atoms with Gasteiger partial charge < -0.3 is 20.3 Å². The average Bonchev–Trinajstić information content (AvgIpc) is 3.04. The summed E-state index contributed by atoms with van der Waals surface area (Å²) in [6, 6.07) is 9.37. The van der Waals surface area contributed by atoms with E-state index in [1.165, 1.54) is 11.0 Å². The molecule has 3 rings (SSSR count). The Kier molecular flexibility index (Phi) is 8.32. The smallest absolute Gasteiger partial charge is 0.417 e. The summed E-state index contributed by atoms with van der Waals surface area (Å²) in [5.41, 5.74) is 5.14. The highest BCUT2D eigenvalue weighted by molar-refractivity contribution is 5.95. The molecule has 1 aliphatic rings. The van der Waals surface area contributed by atoms with Gasteiger partial charge in [-0.3, -0.25) is 14.5 Å². The number of methoxy groups -OCH3 is 1. The Hall–Kier alpha value is -3.34. The number of ether oxygens (including phenoxy) is 1. The van der Waals surface area contributed by atoms with E-state index in [4.69, 9.17) is 10.5 Å². The number of amides is 2. The number of carbonyl (C=O) groups is 2. The maximum Gasteiger partial charge on any atom is 0.417 e. The molecule has 184 valence electrons. The van der Waals surface area contributed by atoms with Crippen molar-refractivity contribution < 1.29 is 27.5 Å². The number of carbonyl (C=O) groups excluding carboxylic acids is 2. The first-order valence-electron chi connectivity index (χ1n) is 10.9. The van der Waals surface area contributed by atoms with Crippen LogP contribution in [0, 0.1) is 0 Å². The molecular formula is C23H28F3N5O3. The highest BCUT2D eigenvalue weighted by atomic mass is 19.4. The van der Waals surface area contributed by atoms with Gasteiger partial charge in [-0.05, 0) is 42.8 Å². The van der Waals surface area contributed by atoms with E-state index in [0.717, 1.165) is 18.7 Å². The molecule has 2 N–H and O–H groups in total. The average molecular weight is 480 g/mol. The predicted molar refractivity (Wildman–Crippen MR) is 122 cm³/mol.